The van der Waals surface area contributed by atoms with Crippen molar-refractivity contribution in [1.29, 1.82) is 0 Å². The maximum atomic E-state index is 13.5. The number of carbonyl (C=O) groups excluding carboxylic acids is 3. The second-order valence-electron chi connectivity index (χ2n) is 12.5. The Bertz CT molecular complexity index is 1420. The van der Waals surface area contributed by atoms with Crippen molar-refractivity contribution < 1.29 is 23.9 Å². The summed E-state index contributed by atoms with van der Waals surface area (Å²) in [7, 11) is 3.95. The molecule has 1 aromatic heterocycles. The van der Waals surface area contributed by atoms with E-state index >= 15 is 0 Å². The highest BCUT2D eigenvalue weighted by molar-refractivity contribution is 7.08. The number of thiophene rings is 1. The van der Waals surface area contributed by atoms with Gasteiger partial charge in [0.25, 0.3) is 5.91 Å². The summed E-state index contributed by atoms with van der Waals surface area (Å²) < 4.78 is 11.2. The topological polar surface area (TPSA) is 113 Å². The number of alkyl halides is 1. The van der Waals surface area contributed by atoms with Gasteiger partial charge in [-0.05, 0) is 90.8 Å². The van der Waals surface area contributed by atoms with Crippen molar-refractivity contribution in [3.8, 4) is 0 Å². The number of nitrogens with one attached hydrogen (secondary N) is 2. The molecule has 2 aliphatic rings. The number of aliphatic imine (C=N–C) groups is 1. The first kappa shape index (κ1) is 38.3. The zero-order valence-electron chi connectivity index (χ0n) is 28.7. The van der Waals surface area contributed by atoms with Crippen LogP contribution in [0, 0.1) is 5.92 Å². The number of hydrogen-bond donors (Lipinski definition) is 2. The van der Waals surface area contributed by atoms with Crippen LogP contribution in [0.2, 0.25) is 0 Å². The predicted octanol–water partition coefficient (Wildman–Crippen LogP) is 5.73. The number of hydrogen-bond acceptors (Lipinski definition) is 8. The summed E-state index contributed by atoms with van der Waals surface area (Å²) in [5.74, 6) is 0.515. The number of amides is 3. The van der Waals surface area contributed by atoms with Crippen molar-refractivity contribution >= 4 is 64.3 Å². The Balaban J connectivity index is 1.19. The molecule has 49 heavy (non-hydrogen) atoms. The minimum atomic E-state index is -0.317. The molecule has 0 bridgehead atoms. The van der Waals surface area contributed by atoms with Crippen LogP contribution in [0.3, 0.4) is 0 Å². The second-order valence-corrected chi connectivity index (χ2v) is 13.7. The van der Waals surface area contributed by atoms with Gasteiger partial charge < -0.3 is 25.0 Å². The molecular formula is C37H50ClN5O5S. The van der Waals surface area contributed by atoms with Crippen molar-refractivity contribution in [2.75, 3.05) is 64.4 Å². The third kappa shape index (κ3) is 13.0. The normalized spacial score (nSPS) is 18.7. The predicted molar refractivity (Wildman–Crippen MR) is 199 cm³/mol. The van der Waals surface area contributed by atoms with Crippen LogP contribution < -0.4 is 15.5 Å². The number of carbonyl (C=O) groups is 3. The first-order valence-corrected chi connectivity index (χ1v) is 18.7. The Morgan fingerprint density at radius 2 is 1.69 bits per heavy atom. The highest BCUT2D eigenvalue weighted by Gasteiger charge is 2.32. The lowest BCUT2D eigenvalue weighted by Gasteiger charge is -2.29. The van der Waals surface area contributed by atoms with Gasteiger partial charge in [-0.15, -0.1) is 11.6 Å². The third-order valence-electron chi connectivity index (χ3n) is 8.51. The van der Waals surface area contributed by atoms with E-state index in [0.29, 0.717) is 63.8 Å². The van der Waals surface area contributed by atoms with Gasteiger partial charge in [0.15, 0.2) is 0 Å². The number of benzene rings is 1. The van der Waals surface area contributed by atoms with Crippen LogP contribution in [-0.4, -0.2) is 94.0 Å². The second kappa shape index (κ2) is 20.9. The van der Waals surface area contributed by atoms with Crippen molar-refractivity contribution in [2.45, 2.75) is 57.4 Å². The number of amidine groups is 1. The number of anilines is 1. The standard InChI is InChI=1S/C37H50ClN5O5S/c1-42(2)32-14-7-28(8-15-32)25-33-37(46)43(34(41-33)16-9-29-17-24-49-27-29)26-35(44)40-31-12-10-30(11-13-31)36(45)39-19-21-48-23-22-47-20-6-4-3-5-18-38/h7-9,14-17,24-25,27,30-31H,3-6,10-13,18-23,26H2,1-2H3,(H,39,45)(H,40,44)/b16-9+,33-25-. The van der Waals surface area contributed by atoms with Gasteiger partial charge in [-0.1, -0.05) is 31.1 Å². The van der Waals surface area contributed by atoms with Crippen molar-refractivity contribution in [3.05, 3.63) is 64.0 Å². The van der Waals surface area contributed by atoms with Crippen LogP contribution in [0.4, 0.5) is 5.69 Å². The largest absolute Gasteiger partial charge is 0.379 e. The molecule has 0 spiro atoms. The van der Waals surface area contributed by atoms with E-state index in [2.05, 4.69) is 15.6 Å². The van der Waals surface area contributed by atoms with Crippen LogP contribution >= 0.6 is 22.9 Å². The van der Waals surface area contributed by atoms with E-state index in [-0.39, 0.29) is 41.9 Å². The smallest absolute Gasteiger partial charge is 0.278 e. The molecule has 266 valence electrons. The van der Waals surface area contributed by atoms with E-state index < -0.39 is 0 Å². The molecule has 2 heterocycles. The Morgan fingerprint density at radius 3 is 2.39 bits per heavy atom. The molecule has 0 atom stereocenters. The van der Waals surface area contributed by atoms with Gasteiger partial charge >= 0.3 is 0 Å². The molecule has 1 fully saturated rings. The maximum absolute atomic E-state index is 13.5. The molecule has 1 aromatic carbocycles. The molecule has 1 saturated carbocycles. The molecule has 4 rings (SSSR count). The van der Waals surface area contributed by atoms with Gasteiger partial charge in [0.2, 0.25) is 11.8 Å². The van der Waals surface area contributed by atoms with Gasteiger partial charge in [-0.25, -0.2) is 4.99 Å². The Morgan fingerprint density at radius 1 is 0.959 bits per heavy atom. The van der Waals surface area contributed by atoms with E-state index in [0.717, 1.165) is 49.1 Å². The molecule has 1 aliphatic heterocycles. The number of nitrogens with zero attached hydrogens (tertiary/aromatic N) is 3. The van der Waals surface area contributed by atoms with Gasteiger partial charge in [0, 0.05) is 50.8 Å². The molecule has 12 heteroatoms. The SMILES string of the molecule is CN(C)c1ccc(/C=C2N=C(/C=C/c3ccsc3)N(CC(=O)NC3CCC(C(=O)NCCOCCOCCCCCCCl)CC3)C\2=O)cc1. The van der Waals surface area contributed by atoms with Crippen LogP contribution in [0.25, 0.3) is 12.2 Å². The Hall–Kier alpha value is -3.51. The van der Waals surface area contributed by atoms with E-state index in [1.54, 1.807) is 23.5 Å². The highest BCUT2D eigenvalue weighted by Crippen LogP contribution is 2.25. The van der Waals surface area contributed by atoms with E-state index in [1.807, 2.05) is 66.2 Å². The summed E-state index contributed by atoms with van der Waals surface area (Å²) in [4.78, 5) is 47.4. The van der Waals surface area contributed by atoms with Crippen LogP contribution in [0.5, 0.6) is 0 Å². The molecule has 0 unspecified atom stereocenters. The van der Waals surface area contributed by atoms with Gasteiger partial charge in [0.05, 0.1) is 19.8 Å². The molecular weight excluding hydrogens is 662 g/mol. The maximum Gasteiger partial charge on any atom is 0.278 e. The minimum Gasteiger partial charge on any atom is -0.379 e. The first-order chi connectivity index (χ1) is 23.8. The van der Waals surface area contributed by atoms with Crippen molar-refractivity contribution in [2.24, 2.45) is 10.9 Å². The average Bonchev–Trinajstić information content (AvgIpc) is 3.72. The summed E-state index contributed by atoms with van der Waals surface area (Å²) in [5, 5.41) is 10.0. The van der Waals surface area contributed by atoms with E-state index in [1.165, 1.54) is 4.90 Å². The highest BCUT2D eigenvalue weighted by atomic mass is 35.5. The molecule has 3 amide bonds. The molecule has 0 saturated heterocycles. The van der Waals surface area contributed by atoms with Crippen LogP contribution in [0.1, 0.15) is 62.5 Å². The molecule has 2 aromatic rings. The van der Waals surface area contributed by atoms with Gasteiger partial charge in [-0.2, -0.15) is 11.3 Å². The Labute approximate surface area is 299 Å². The van der Waals surface area contributed by atoms with Crippen molar-refractivity contribution in [3.63, 3.8) is 0 Å². The summed E-state index contributed by atoms with van der Waals surface area (Å²) in [6, 6.07) is 9.78. The summed E-state index contributed by atoms with van der Waals surface area (Å²) in [6.45, 7) is 2.55. The Kier molecular flexibility index (Phi) is 16.3. The lowest BCUT2D eigenvalue weighted by atomic mass is 9.85. The summed E-state index contributed by atoms with van der Waals surface area (Å²) in [5.41, 5.74) is 3.19. The third-order valence-corrected chi connectivity index (χ3v) is 9.48. The molecule has 0 radical (unpaired) electrons. The number of rotatable bonds is 20. The first-order valence-electron chi connectivity index (χ1n) is 17.2. The molecule has 1 aliphatic carbocycles. The van der Waals surface area contributed by atoms with Crippen LogP contribution in [-0.2, 0) is 23.9 Å². The van der Waals surface area contributed by atoms with Gasteiger partial charge in [-0.3, -0.25) is 19.3 Å². The van der Waals surface area contributed by atoms with Crippen molar-refractivity contribution in [1.82, 2.24) is 15.5 Å². The fraction of sp³-hybridized carbons (Fsp3) is 0.514. The average molecular weight is 712 g/mol. The number of unbranched alkanes of at least 4 members (excludes halogenated alkanes) is 3. The summed E-state index contributed by atoms with van der Waals surface area (Å²) >= 11 is 7.27. The minimum absolute atomic E-state index is 0.0261. The quantitative estimate of drug-likeness (QED) is 0.103. The lowest BCUT2D eigenvalue weighted by Crippen LogP contribution is -2.46. The zero-order chi connectivity index (χ0) is 34.8. The van der Waals surface area contributed by atoms with Gasteiger partial charge in [0.1, 0.15) is 18.1 Å². The fourth-order valence-electron chi connectivity index (χ4n) is 5.70. The monoisotopic (exact) mass is 711 g/mol. The number of ether oxygens (including phenoxy) is 2. The lowest BCUT2D eigenvalue weighted by molar-refractivity contribution is -0.129. The van der Waals surface area contributed by atoms with E-state index in [9.17, 15) is 14.4 Å². The number of halogens is 1. The van der Waals surface area contributed by atoms with E-state index in [4.69, 9.17) is 21.1 Å². The van der Waals surface area contributed by atoms with Crippen LogP contribution in [0.15, 0.2) is 57.9 Å². The zero-order valence-corrected chi connectivity index (χ0v) is 30.3. The molecule has 10 nitrogen and oxygen atoms in total. The molecule has 2 N–H and O–H groups in total. The fourth-order valence-corrected chi connectivity index (χ4v) is 6.51. The summed E-state index contributed by atoms with van der Waals surface area (Å²) in [6.07, 6.45) is 12.5.